The van der Waals surface area contributed by atoms with Gasteiger partial charge in [0.15, 0.2) is 75.8 Å². The molecule has 25 heteroatoms. The van der Waals surface area contributed by atoms with Crippen LogP contribution in [0.15, 0.2) is 18.2 Å². The molecule has 92 heavy (non-hydrogen) atoms. The third-order valence-corrected chi connectivity index (χ3v) is 12.0. The summed E-state index contributed by atoms with van der Waals surface area (Å²) < 4.78 is 28.2. The van der Waals surface area contributed by atoms with Crippen LogP contribution >= 0.6 is 0 Å². The molecule has 5 aromatic rings. The molecule has 0 radical (unpaired) electrons. The van der Waals surface area contributed by atoms with Crippen LogP contribution in [0.5, 0.6) is 86.2 Å². The van der Waals surface area contributed by atoms with E-state index in [1.807, 2.05) is 13.8 Å². The van der Waals surface area contributed by atoms with E-state index < -0.39 is 220 Å². The van der Waals surface area contributed by atoms with E-state index in [0.29, 0.717) is 18.2 Å². The molecule has 0 aromatic heterocycles. The lowest BCUT2D eigenvalue weighted by Crippen LogP contribution is -2.55. The van der Waals surface area contributed by atoms with Gasteiger partial charge in [0.2, 0.25) is 28.7 Å². The number of hydrogen-bond donors (Lipinski definition) is 15. The number of esters is 5. The number of carbonyl (C=O) groups is 5. The van der Waals surface area contributed by atoms with Gasteiger partial charge >= 0.3 is 29.8 Å². The summed E-state index contributed by atoms with van der Waals surface area (Å²) in [5, 5.41) is 165. The smallest absolute Gasteiger partial charge is 0.340 e. The van der Waals surface area contributed by atoms with Crippen molar-refractivity contribution in [1.29, 1.82) is 0 Å². The lowest BCUT2D eigenvalue weighted by atomic mass is 9.81. The van der Waals surface area contributed by atoms with Gasteiger partial charge < -0.3 is 100 Å². The largest absolute Gasteiger partial charge is 0.504 e. The summed E-state index contributed by atoms with van der Waals surface area (Å²) in [4.78, 5) is 72.3. The Morgan fingerprint density at radius 1 is 0.359 bits per heavy atom. The van der Waals surface area contributed by atoms with Gasteiger partial charge in [-0.15, -0.1) is 56.3 Å². The molecule has 5 heterocycles. The molecule has 5 aliphatic rings. The first-order valence-electron chi connectivity index (χ1n) is 23.5. The highest BCUT2D eigenvalue weighted by molar-refractivity contribution is 6.16. The van der Waals surface area contributed by atoms with Crippen LogP contribution < -0.4 is 0 Å². The summed E-state index contributed by atoms with van der Waals surface area (Å²) in [6.07, 6.45) is 16.0. The van der Waals surface area contributed by atoms with Gasteiger partial charge in [-0.2, -0.15) is 0 Å². The van der Waals surface area contributed by atoms with Crippen LogP contribution in [0.2, 0.25) is 0 Å². The Morgan fingerprint density at radius 3 is 1.04 bits per heavy atom. The number of benzene rings is 5. The maximum Gasteiger partial charge on any atom is 0.340 e. The first-order valence-corrected chi connectivity index (χ1v) is 23.5. The van der Waals surface area contributed by atoms with E-state index >= 15 is 0 Å². The number of hydrogen-bond acceptors (Lipinski definition) is 25. The van der Waals surface area contributed by atoms with Crippen molar-refractivity contribution in [2.75, 3.05) is 6.61 Å². The second-order valence-corrected chi connectivity index (χ2v) is 16.8. The van der Waals surface area contributed by atoms with E-state index in [1.165, 1.54) is 0 Å². The lowest BCUT2D eigenvalue weighted by Gasteiger charge is -2.38. The Labute approximate surface area is 530 Å². The maximum atomic E-state index is 15.0. The molecule has 4 atom stereocenters. The molecular weight excluding hydrogens is 1200 g/mol. The minimum atomic E-state index is -2.60. The van der Waals surface area contributed by atoms with Crippen LogP contribution in [-0.2, 0) is 30.1 Å². The Bertz CT molecular complexity index is 4060. The number of carbonyl (C=O) groups excluding carboxylic acids is 5. The number of fused-ring (bicyclic) bond motifs is 7. The van der Waals surface area contributed by atoms with Crippen LogP contribution in [0.4, 0.5) is 0 Å². The second-order valence-electron chi connectivity index (χ2n) is 16.8. The molecule has 10 rings (SSSR count). The fourth-order valence-electron chi connectivity index (χ4n) is 8.48. The average Bonchev–Trinajstić information content (AvgIpc) is 0.940. The molecule has 0 spiro atoms. The normalized spacial score (nSPS) is 14.7. The lowest BCUT2D eigenvalue weighted by molar-refractivity contribution is -0.132. The van der Waals surface area contributed by atoms with Gasteiger partial charge in [0.05, 0.1) is 27.8 Å². The first-order chi connectivity index (χ1) is 40.7. The van der Waals surface area contributed by atoms with E-state index in [2.05, 4.69) is 78.5 Å². The van der Waals surface area contributed by atoms with Crippen LogP contribution in [0, 0.1) is 97.7 Å². The van der Waals surface area contributed by atoms with Crippen molar-refractivity contribution < 1.29 is 124 Å². The Balaban J connectivity index is -0.00000269. The number of rotatable bonds is 0. The zero-order valence-corrected chi connectivity index (χ0v) is 44.7. The number of phenols is 15. The third kappa shape index (κ3) is 15.4. The topological polar surface area (TPSA) is 435 Å². The average molecular weight is 1270 g/mol. The van der Waals surface area contributed by atoms with Gasteiger partial charge in [-0.25, -0.2) is 24.0 Å². The fourth-order valence-corrected chi connectivity index (χ4v) is 8.48. The molecule has 0 saturated heterocycles. The van der Waals surface area contributed by atoms with E-state index in [4.69, 9.17) is 43.0 Å². The highest BCUT2D eigenvalue weighted by Crippen LogP contribution is 2.61. The van der Waals surface area contributed by atoms with Crippen molar-refractivity contribution in [3.63, 3.8) is 0 Å². The quantitative estimate of drug-likeness (QED) is 0.0299. The van der Waals surface area contributed by atoms with E-state index in [9.17, 15) is 101 Å². The van der Waals surface area contributed by atoms with Gasteiger partial charge in [-0.05, 0) is 81.4 Å². The minimum absolute atomic E-state index is 0. The van der Waals surface area contributed by atoms with Gasteiger partial charge in [-0.3, -0.25) is 0 Å². The summed E-state index contributed by atoms with van der Waals surface area (Å²) in [5.74, 6) is -7.30. The van der Waals surface area contributed by atoms with Gasteiger partial charge in [0.25, 0.3) is 0 Å². The van der Waals surface area contributed by atoms with Crippen LogP contribution in [0.1, 0.15) is 130 Å². The van der Waals surface area contributed by atoms with Crippen molar-refractivity contribution in [3.8, 4) is 217 Å². The molecule has 486 valence electrons. The summed E-state index contributed by atoms with van der Waals surface area (Å²) in [6, 6.07) is 1.19. The van der Waals surface area contributed by atoms with Crippen molar-refractivity contribution in [2.24, 2.45) is 0 Å². The monoisotopic (exact) mass is 1270 g/mol. The SMILES string of the molecule is C.C.C.C.C.C.C#C.C#CC.C#CC#CC.C#CC#CC#C.CC#CC.O=C1OC[C@H]2OC(=O)c3cc(O)c(O)c(O)c3-c3c(O)c(O)c(O)c4c3C(=O)O[C@@H]([C@@H]2OC(=O)c2cc(O)c(O)c(O)c2-c2c1cc(O)c(O)c2O)[C@@H]1Cc2c(O)c(O)c(O)c-4c2C(=O)O1. The summed E-state index contributed by atoms with van der Waals surface area (Å²) >= 11 is 0. The van der Waals surface area contributed by atoms with E-state index in [-0.39, 0.29) is 44.6 Å². The minimum Gasteiger partial charge on any atom is -0.504 e. The summed E-state index contributed by atoms with van der Waals surface area (Å²) in [5.41, 5.74) is -13.5. The third-order valence-electron chi connectivity index (χ3n) is 12.0. The van der Waals surface area contributed by atoms with Gasteiger partial charge in [-0.1, -0.05) is 50.5 Å². The predicted molar refractivity (Wildman–Crippen MR) is 337 cm³/mol. The van der Waals surface area contributed by atoms with Gasteiger partial charge in [0.1, 0.15) is 12.7 Å². The van der Waals surface area contributed by atoms with Crippen molar-refractivity contribution in [1.82, 2.24) is 0 Å². The highest BCUT2D eigenvalue weighted by Gasteiger charge is 2.52. The van der Waals surface area contributed by atoms with E-state index in [0.717, 1.165) is 0 Å². The number of cyclic esters (lactones) is 1. The predicted octanol–water partition coefficient (Wildman–Crippen LogP) is 8.46. The molecule has 6 bridgehead atoms. The zero-order valence-electron chi connectivity index (χ0n) is 44.7. The van der Waals surface area contributed by atoms with Crippen molar-refractivity contribution in [3.05, 3.63) is 51.6 Å². The Kier molecular flexibility index (Phi) is 31.6. The molecule has 0 amide bonds. The molecule has 25 nitrogen and oxygen atoms in total. The molecule has 0 fully saturated rings. The second kappa shape index (κ2) is 34.9. The summed E-state index contributed by atoms with van der Waals surface area (Å²) in [6.45, 7) is 5.58. The number of phenolic OH excluding ortho intramolecular Hbond substituents is 15. The Morgan fingerprint density at radius 2 is 0.663 bits per heavy atom. The highest BCUT2D eigenvalue weighted by atomic mass is 16.6. The molecule has 0 unspecified atom stereocenters. The van der Waals surface area contributed by atoms with Crippen molar-refractivity contribution >= 4 is 29.8 Å². The fraction of sp³-hybridized carbons (Fsp3) is 0.239. The standard InChI is InChI=1S/C41H26O25.C6H2.C5H4.C4H6.C3H4.C2H2.6CH4/c42-10-1-7-15(27(49)24(10)46)16-8(2-11(43)25(47)28(16)50)39(59)65-36-14(5-62-37(7)57)64-38(58)9-3-12(44)26(48)29(51)17(9)19-22-21(32(54)34(56)30(19)52)20-18-6(23(45)33(55)31(20)53)4-13(63-40(18)60)35(36)66-41(22)61;1-3-5-6-4-2;1-3-5-4-2;1-3-4-2;1-3-2;1-2;;;;;;/h1-3,13-14,35-36,42-56H,4-5H2;1-2H;1H,2H3;1-2H3;1H,2H3;1-2H;6*1H4/t13-,14+,35+,36+;;;;;;;;;;;/m0.........../s1. The maximum absolute atomic E-state index is 15.0. The number of aromatic hydroxyl groups is 15. The van der Waals surface area contributed by atoms with Crippen LogP contribution in [-0.4, -0.2) is 137 Å². The molecule has 0 aliphatic carbocycles. The van der Waals surface area contributed by atoms with Crippen LogP contribution in [0.3, 0.4) is 0 Å². The zero-order chi connectivity index (χ0) is 64.9. The van der Waals surface area contributed by atoms with Gasteiger partial charge in [0, 0.05) is 45.4 Å². The molecule has 15 N–H and O–H groups in total. The molecule has 5 aliphatic heterocycles. The molecular formula is C67H68O25. The molecule has 5 aromatic carbocycles. The number of ether oxygens (including phenoxy) is 5. The Hall–Kier alpha value is -13.1. The van der Waals surface area contributed by atoms with Crippen LogP contribution in [0.25, 0.3) is 33.4 Å². The summed E-state index contributed by atoms with van der Waals surface area (Å²) in [7, 11) is 0. The number of terminal acetylenes is 5. The van der Waals surface area contributed by atoms with Crippen molar-refractivity contribution in [2.45, 2.75) is 103 Å². The van der Waals surface area contributed by atoms with E-state index in [1.54, 1.807) is 13.8 Å². The first kappa shape index (κ1) is 83.1. The molecule has 0 saturated carbocycles.